The van der Waals surface area contributed by atoms with Crippen LogP contribution in [0.2, 0.25) is 0 Å². The molecule has 1 heterocycles. The number of hydrogen-bond donors (Lipinski definition) is 2. The highest BCUT2D eigenvalue weighted by Crippen LogP contribution is 2.16. The van der Waals surface area contributed by atoms with Crippen LogP contribution in [0, 0.1) is 5.92 Å². The van der Waals surface area contributed by atoms with Crippen molar-refractivity contribution in [3.05, 3.63) is 0 Å². The largest absolute Gasteiger partial charge is 0.467 e. The molecule has 1 aliphatic heterocycles. The Labute approximate surface area is 119 Å². The second-order valence-electron chi connectivity index (χ2n) is 4.99. The number of methoxy groups -OCH3 is 1. The van der Waals surface area contributed by atoms with Crippen molar-refractivity contribution in [3.63, 3.8) is 0 Å². The molecule has 0 aromatic heterocycles. The van der Waals surface area contributed by atoms with Crippen molar-refractivity contribution in [1.29, 1.82) is 0 Å². The molecule has 0 aromatic carbocycles. The van der Waals surface area contributed by atoms with Crippen LogP contribution in [0.15, 0.2) is 0 Å². The maximum Gasteiger partial charge on any atom is 0.329 e. The first-order valence-electron chi connectivity index (χ1n) is 6.76. The molecule has 2 unspecified atom stereocenters. The normalized spacial score (nSPS) is 20.9. The van der Waals surface area contributed by atoms with E-state index in [0.29, 0.717) is 13.1 Å². The zero-order chi connectivity index (χ0) is 15.1. The lowest BCUT2D eigenvalue weighted by Crippen LogP contribution is -2.51. The van der Waals surface area contributed by atoms with Crippen LogP contribution in [0.1, 0.15) is 19.8 Å². The van der Waals surface area contributed by atoms with E-state index in [1.165, 1.54) is 14.0 Å². The third kappa shape index (κ3) is 4.80. The molecular formula is C13H23N3O4. The Morgan fingerprint density at radius 2 is 2.10 bits per heavy atom. The minimum Gasteiger partial charge on any atom is -0.467 e. The van der Waals surface area contributed by atoms with Crippen molar-refractivity contribution in [3.8, 4) is 0 Å². The molecule has 2 atom stereocenters. The molecule has 0 spiro atoms. The molecule has 1 rings (SSSR count). The molecule has 7 heteroatoms. The van der Waals surface area contributed by atoms with E-state index in [9.17, 15) is 14.4 Å². The predicted octanol–water partition coefficient (Wildman–Crippen LogP) is -0.878. The summed E-state index contributed by atoms with van der Waals surface area (Å²) in [4.78, 5) is 36.5. The lowest BCUT2D eigenvalue weighted by molar-refractivity contribution is -0.145. The number of esters is 1. The van der Waals surface area contributed by atoms with E-state index < -0.39 is 12.0 Å². The van der Waals surface area contributed by atoms with Gasteiger partial charge in [-0.2, -0.15) is 0 Å². The summed E-state index contributed by atoms with van der Waals surface area (Å²) < 4.78 is 4.69. The quantitative estimate of drug-likeness (QED) is 0.641. The van der Waals surface area contributed by atoms with Crippen LogP contribution in [0.5, 0.6) is 0 Å². The van der Waals surface area contributed by atoms with E-state index in [4.69, 9.17) is 4.74 Å². The van der Waals surface area contributed by atoms with E-state index >= 15 is 0 Å². The minimum atomic E-state index is -0.694. The molecule has 0 aromatic rings. The van der Waals surface area contributed by atoms with E-state index in [1.807, 2.05) is 4.90 Å². The molecule has 0 radical (unpaired) electrons. The number of piperidine rings is 1. The van der Waals surface area contributed by atoms with Gasteiger partial charge in [0.1, 0.15) is 6.04 Å². The molecule has 20 heavy (non-hydrogen) atoms. The highest BCUT2D eigenvalue weighted by atomic mass is 16.5. The fourth-order valence-electron chi connectivity index (χ4n) is 2.46. The molecule has 2 amide bonds. The van der Waals surface area contributed by atoms with Crippen molar-refractivity contribution >= 4 is 17.8 Å². The topological polar surface area (TPSA) is 87.7 Å². The summed E-state index contributed by atoms with van der Waals surface area (Å²) in [5.74, 6) is -0.796. The number of amides is 2. The Morgan fingerprint density at radius 1 is 1.40 bits per heavy atom. The molecule has 0 saturated carbocycles. The summed E-state index contributed by atoms with van der Waals surface area (Å²) >= 11 is 0. The van der Waals surface area contributed by atoms with Gasteiger partial charge in [0.05, 0.1) is 13.0 Å². The van der Waals surface area contributed by atoms with Crippen LogP contribution in [0.25, 0.3) is 0 Å². The molecule has 0 aliphatic carbocycles. The van der Waals surface area contributed by atoms with E-state index in [2.05, 4.69) is 10.6 Å². The monoisotopic (exact) mass is 285 g/mol. The number of nitrogens with zero attached hydrogens (tertiary/aromatic N) is 1. The first-order chi connectivity index (χ1) is 9.47. The summed E-state index contributed by atoms with van der Waals surface area (Å²) in [5, 5.41) is 5.23. The van der Waals surface area contributed by atoms with E-state index in [-0.39, 0.29) is 17.7 Å². The van der Waals surface area contributed by atoms with Gasteiger partial charge >= 0.3 is 5.97 Å². The standard InChI is InChI=1S/C13H23N3O4/c1-9(17)15-11(13(19)20-3)8-16-6-4-5-10(7-16)12(18)14-2/h10-11H,4-8H2,1-3H3,(H,14,18)(H,15,17). The number of hydrogen-bond acceptors (Lipinski definition) is 5. The molecule has 7 nitrogen and oxygen atoms in total. The first kappa shape index (κ1) is 16.4. The van der Waals surface area contributed by atoms with Gasteiger partial charge in [-0.05, 0) is 19.4 Å². The van der Waals surface area contributed by atoms with Crippen LogP contribution in [0.3, 0.4) is 0 Å². The zero-order valence-corrected chi connectivity index (χ0v) is 12.3. The Bertz CT molecular complexity index is 373. The maximum absolute atomic E-state index is 11.7. The summed E-state index contributed by atoms with van der Waals surface area (Å²) in [6.07, 6.45) is 1.74. The van der Waals surface area contributed by atoms with Crippen molar-refractivity contribution in [1.82, 2.24) is 15.5 Å². The van der Waals surface area contributed by atoms with Gasteiger partial charge in [0.15, 0.2) is 0 Å². The molecule has 2 N–H and O–H groups in total. The van der Waals surface area contributed by atoms with Gasteiger partial charge in [-0.15, -0.1) is 0 Å². The summed E-state index contributed by atoms with van der Waals surface area (Å²) in [5.41, 5.74) is 0. The summed E-state index contributed by atoms with van der Waals surface area (Å²) in [6, 6.07) is -0.694. The predicted molar refractivity (Wildman–Crippen MR) is 72.9 cm³/mol. The SMILES string of the molecule is CNC(=O)C1CCCN(CC(NC(C)=O)C(=O)OC)C1. The molecule has 114 valence electrons. The zero-order valence-electron chi connectivity index (χ0n) is 12.3. The second-order valence-corrected chi connectivity index (χ2v) is 4.99. The number of carbonyl (C=O) groups excluding carboxylic acids is 3. The Morgan fingerprint density at radius 3 is 2.65 bits per heavy atom. The molecule has 1 fully saturated rings. The summed E-state index contributed by atoms with van der Waals surface area (Å²) in [6.45, 7) is 3.12. The van der Waals surface area contributed by atoms with Gasteiger partial charge < -0.3 is 15.4 Å². The minimum absolute atomic E-state index is 0.0174. The average Bonchev–Trinajstić information content (AvgIpc) is 2.44. The highest BCUT2D eigenvalue weighted by Gasteiger charge is 2.29. The van der Waals surface area contributed by atoms with Crippen molar-refractivity contribution in [2.24, 2.45) is 5.92 Å². The second kappa shape index (κ2) is 7.84. The molecule has 0 bridgehead atoms. The van der Waals surface area contributed by atoms with Crippen molar-refractivity contribution in [2.75, 3.05) is 33.8 Å². The number of nitrogens with one attached hydrogen (secondary N) is 2. The number of carbonyl (C=O) groups is 3. The summed E-state index contributed by atoms with van der Waals surface area (Å²) in [7, 11) is 2.91. The van der Waals surface area contributed by atoms with Gasteiger partial charge in [-0.1, -0.05) is 0 Å². The average molecular weight is 285 g/mol. The van der Waals surface area contributed by atoms with Crippen LogP contribution in [-0.2, 0) is 19.1 Å². The lowest BCUT2D eigenvalue weighted by atomic mass is 9.97. The third-order valence-corrected chi connectivity index (χ3v) is 3.43. The first-order valence-corrected chi connectivity index (χ1v) is 6.76. The molecular weight excluding hydrogens is 262 g/mol. The van der Waals surface area contributed by atoms with Crippen LogP contribution in [-0.4, -0.2) is 62.5 Å². The highest BCUT2D eigenvalue weighted by molar-refractivity contribution is 5.83. The van der Waals surface area contributed by atoms with Gasteiger partial charge in [-0.25, -0.2) is 4.79 Å². The molecule has 1 saturated heterocycles. The van der Waals surface area contributed by atoms with Gasteiger partial charge in [-0.3, -0.25) is 14.5 Å². The number of ether oxygens (including phenoxy) is 1. The van der Waals surface area contributed by atoms with Crippen molar-refractivity contribution in [2.45, 2.75) is 25.8 Å². The van der Waals surface area contributed by atoms with Gasteiger partial charge in [0.25, 0.3) is 0 Å². The van der Waals surface area contributed by atoms with Gasteiger partial charge in [0.2, 0.25) is 11.8 Å². The van der Waals surface area contributed by atoms with Crippen LogP contribution in [0.4, 0.5) is 0 Å². The number of rotatable bonds is 5. The van der Waals surface area contributed by atoms with Crippen molar-refractivity contribution < 1.29 is 19.1 Å². The van der Waals surface area contributed by atoms with Crippen LogP contribution >= 0.6 is 0 Å². The Balaban J connectivity index is 2.61. The smallest absolute Gasteiger partial charge is 0.329 e. The fourth-order valence-corrected chi connectivity index (χ4v) is 2.46. The third-order valence-electron chi connectivity index (χ3n) is 3.43. The van der Waals surface area contributed by atoms with E-state index in [1.54, 1.807) is 7.05 Å². The Kier molecular flexibility index (Phi) is 6.44. The van der Waals surface area contributed by atoms with Crippen LogP contribution < -0.4 is 10.6 Å². The van der Waals surface area contributed by atoms with E-state index in [0.717, 1.165) is 19.4 Å². The lowest BCUT2D eigenvalue weighted by Gasteiger charge is -2.33. The maximum atomic E-state index is 11.7. The number of likely N-dealkylation sites (tertiary alicyclic amines) is 1. The Hall–Kier alpha value is -1.63. The van der Waals surface area contributed by atoms with Gasteiger partial charge in [0, 0.05) is 27.1 Å². The molecule has 1 aliphatic rings. The fraction of sp³-hybridized carbons (Fsp3) is 0.769.